The van der Waals surface area contributed by atoms with Gasteiger partial charge < -0.3 is 9.80 Å². The van der Waals surface area contributed by atoms with Crippen LogP contribution in [0.25, 0.3) is 0 Å². The SMILES string of the molecule is CC(=O)CN1[CH-]CN(CC(C)C)CCN(CC(C)=O)CCN(CC(C)=O)CC1.[Y]. The zero-order valence-corrected chi connectivity index (χ0v) is 21.9. The minimum Gasteiger partial charge on any atom is -0.448 e. The van der Waals surface area contributed by atoms with Crippen molar-refractivity contribution in [1.29, 1.82) is 0 Å². The summed E-state index contributed by atoms with van der Waals surface area (Å²) < 4.78 is 0. The molecule has 0 saturated carbocycles. The molecule has 1 rings (SSSR count). The summed E-state index contributed by atoms with van der Waals surface area (Å²) in [6.07, 6.45) is 0. The third-order valence-corrected chi connectivity index (χ3v) is 4.71. The van der Waals surface area contributed by atoms with Gasteiger partial charge in [-0.25, -0.2) is 0 Å². The van der Waals surface area contributed by atoms with E-state index in [1.165, 1.54) is 0 Å². The second-order valence-corrected chi connectivity index (χ2v) is 8.46. The van der Waals surface area contributed by atoms with Gasteiger partial charge in [0.15, 0.2) is 0 Å². The first-order valence-electron chi connectivity index (χ1n) is 10.4. The van der Waals surface area contributed by atoms with Crippen LogP contribution in [-0.4, -0.2) is 109 Å². The number of carbonyl (C=O) groups is 3. The minimum absolute atomic E-state index is 0. The van der Waals surface area contributed by atoms with Crippen LogP contribution in [0.15, 0.2) is 0 Å². The van der Waals surface area contributed by atoms with Crippen LogP contribution in [0, 0.1) is 12.5 Å². The number of carbonyl (C=O) groups excluding carboxylic acids is 3. The molecule has 0 atom stereocenters. The van der Waals surface area contributed by atoms with Crippen LogP contribution in [-0.2, 0) is 47.1 Å². The summed E-state index contributed by atoms with van der Waals surface area (Å²) in [6, 6.07) is 0. The van der Waals surface area contributed by atoms with E-state index in [4.69, 9.17) is 0 Å². The van der Waals surface area contributed by atoms with Crippen LogP contribution < -0.4 is 0 Å². The van der Waals surface area contributed by atoms with Gasteiger partial charge in [0.1, 0.15) is 17.3 Å². The molecule has 0 amide bonds. The maximum atomic E-state index is 11.7. The molecule has 1 saturated heterocycles. The van der Waals surface area contributed by atoms with E-state index in [2.05, 4.69) is 40.0 Å². The van der Waals surface area contributed by atoms with Crippen molar-refractivity contribution in [2.45, 2.75) is 34.6 Å². The van der Waals surface area contributed by atoms with Gasteiger partial charge in [-0.05, 0) is 39.8 Å². The zero-order chi connectivity index (χ0) is 21.1. The van der Waals surface area contributed by atoms with Gasteiger partial charge in [-0.15, -0.1) is 6.54 Å². The zero-order valence-electron chi connectivity index (χ0n) is 19.0. The molecule has 0 N–H and O–H groups in total. The Morgan fingerprint density at radius 2 is 1.14 bits per heavy atom. The summed E-state index contributed by atoms with van der Waals surface area (Å²) >= 11 is 0. The summed E-state index contributed by atoms with van der Waals surface area (Å²) in [5.41, 5.74) is 0. The number of Topliss-reactive ketones (excluding diaryl/α,β-unsaturated/α-hetero) is 3. The first-order chi connectivity index (χ1) is 13.2. The van der Waals surface area contributed by atoms with Gasteiger partial charge in [-0.3, -0.25) is 30.7 Å². The fourth-order valence-corrected chi connectivity index (χ4v) is 3.53. The van der Waals surface area contributed by atoms with Gasteiger partial charge in [0.25, 0.3) is 0 Å². The Hall–Kier alpha value is -0.0461. The van der Waals surface area contributed by atoms with E-state index in [1.807, 2.05) is 0 Å². The molecule has 0 aromatic carbocycles. The van der Waals surface area contributed by atoms with Gasteiger partial charge in [-0.2, -0.15) is 0 Å². The smallest absolute Gasteiger partial charge is 0.143 e. The summed E-state index contributed by atoms with van der Waals surface area (Å²) in [5.74, 6) is 0.995. The van der Waals surface area contributed by atoms with Crippen molar-refractivity contribution < 1.29 is 47.1 Å². The first-order valence-corrected chi connectivity index (χ1v) is 10.4. The maximum absolute atomic E-state index is 11.7. The molecular formula is C21H39N4O3Y-. The quantitative estimate of drug-likeness (QED) is 0.472. The fourth-order valence-electron chi connectivity index (χ4n) is 3.53. The number of nitrogens with zero attached hydrogens (tertiary/aromatic N) is 4. The van der Waals surface area contributed by atoms with Gasteiger partial charge >= 0.3 is 0 Å². The third kappa shape index (κ3) is 14.6. The van der Waals surface area contributed by atoms with E-state index in [9.17, 15) is 14.4 Å². The topological polar surface area (TPSA) is 64.2 Å². The molecule has 165 valence electrons. The van der Waals surface area contributed by atoms with E-state index in [-0.39, 0.29) is 50.1 Å². The van der Waals surface area contributed by atoms with Gasteiger partial charge in [0, 0.05) is 72.0 Å². The minimum atomic E-state index is 0. The van der Waals surface area contributed by atoms with Gasteiger partial charge in [0.2, 0.25) is 0 Å². The van der Waals surface area contributed by atoms with Crippen molar-refractivity contribution >= 4 is 17.3 Å². The Bertz CT molecular complexity index is 484. The molecule has 0 aliphatic carbocycles. The maximum Gasteiger partial charge on any atom is 0.143 e. The Labute approximate surface area is 202 Å². The predicted octanol–water partition coefficient (Wildman–Crippen LogP) is 0.790. The van der Waals surface area contributed by atoms with Gasteiger partial charge in [0.05, 0.1) is 13.1 Å². The molecule has 0 aromatic heterocycles. The van der Waals surface area contributed by atoms with Crippen LogP contribution in [0.5, 0.6) is 0 Å². The number of rotatable bonds is 8. The Balaban J connectivity index is 0.00000784. The molecular weight excluding hydrogens is 445 g/mol. The van der Waals surface area contributed by atoms with Crippen LogP contribution in [0.4, 0.5) is 0 Å². The Morgan fingerprint density at radius 1 is 0.724 bits per heavy atom. The van der Waals surface area contributed by atoms with E-state index in [1.54, 1.807) is 20.8 Å². The predicted molar refractivity (Wildman–Crippen MR) is 112 cm³/mol. The average Bonchev–Trinajstić information content (AvgIpc) is 2.55. The molecule has 7 nitrogen and oxygen atoms in total. The fraction of sp³-hybridized carbons (Fsp3) is 0.810. The van der Waals surface area contributed by atoms with Crippen molar-refractivity contribution in [2.24, 2.45) is 5.92 Å². The van der Waals surface area contributed by atoms with Crippen LogP contribution in [0.2, 0.25) is 0 Å². The largest absolute Gasteiger partial charge is 0.448 e. The second-order valence-electron chi connectivity index (χ2n) is 8.46. The Morgan fingerprint density at radius 3 is 1.55 bits per heavy atom. The van der Waals surface area contributed by atoms with Crippen molar-refractivity contribution in [1.82, 2.24) is 19.6 Å². The average molecular weight is 484 g/mol. The molecule has 1 radical (unpaired) electrons. The molecule has 0 aromatic rings. The summed E-state index contributed by atoms with van der Waals surface area (Å²) in [7, 11) is 0. The van der Waals surface area contributed by atoms with Crippen LogP contribution >= 0.6 is 0 Å². The molecule has 1 fully saturated rings. The number of ketones is 3. The molecule has 0 spiro atoms. The van der Waals surface area contributed by atoms with Gasteiger partial charge in [-0.1, -0.05) is 13.8 Å². The molecule has 1 aliphatic rings. The third-order valence-electron chi connectivity index (χ3n) is 4.71. The Kier molecular flexibility index (Phi) is 15.7. The molecule has 29 heavy (non-hydrogen) atoms. The summed E-state index contributed by atoms with van der Waals surface area (Å²) in [4.78, 5) is 43.8. The van der Waals surface area contributed by atoms with Crippen molar-refractivity contribution in [3.63, 3.8) is 0 Å². The van der Waals surface area contributed by atoms with E-state index >= 15 is 0 Å². The van der Waals surface area contributed by atoms with Crippen molar-refractivity contribution in [3.05, 3.63) is 6.54 Å². The second kappa shape index (κ2) is 15.7. The molecule has 8 heteroatoms. The molecule has 0 unspecified atom stereocenters. The first kappa shape index (κ1) is 29.0. The molecule has 1 aliphatic heterocycles. The van der Waals surface area contributed by atoms with Crippen LogP contribution in [0.3, 0.4) is 0 Å². The number of hydrogen-bond donors (Lipinski definition) is 0. The monoisotopic (exact) mass is 484 g/mol. The molecule has 0 bridgehead atoms. The summed E-state index contributed by atoms with van der Waals surface area (Å²) in [6.45, 7) is 19.0. The van der Waals surface area contributed by atoms with Crippen molar-refractivity contribution in [2.75, 3.05) is 72.0 Å². The van der Waals surface area contributed by atoms with E-state index in [0.29, 0.717) is 25.6 Å². The summed E-state index contributed by atoms with van der Waals surface area (Å²) in [5, 5.41) is 0. The van der Waals surface area contributed by atoms with Crippen LogP contribution in [0.1, 0.15) is 34.6 Å². The van der Waals surface area contributed by atoms with E-state index < -0.39 is 0 Å². The standard InChI is InChI=1S/C21H39N4O3.Y/c1-18(2)14-22-6-8-23(15-19(3)26)10-12-25(17-21(5)28)13-11-24(9-7-22)16-20(4)27;/h8,18H,6-7,9-17H2,1-5H3;/q-1;. The molecule has 1 heterocycles. The number of hydrogen-bond acceptors (Lipinski definition) is 7. The van der Waals surface area contributed by atoms with E-state index in [0.717, 1.165) is 52.4 Å². The van der Waals surface area contributed by atoms with Crippen molar-refractivity contribution in [3.8, 4) is 0 Å². The normalized spacial score (nSPS) is 19.2.